The fraction of sp³-hybridized carbons (Fsp3) is 0.375. The molecule has 3 aromatic rings. The number of ether oxygens (including phenoxy) is 1. The molecule has 0 atom stereocenters. The second-order valence-corrected chi connectivity index (χ2v) is 6.31. The van der Waals surface area contributed by atoms with Crippen molar-refractivity contribution in [3.8, 4) is 10.7 Å². The van der Waals surface area contributed by atoms with Crippen LogP contribution in [0.5, 0.6) is 0 Å². The topological polar surface area (TPSA) is 52.0 Å². The summed E-state index contributed by atoms with van der Waals surface area (Å²) in [7, 11) is 3.77. The Bertz CT molecular complexity index is 778. The number of hydrogen-bond donors (Lipinski definition) is 1. The number of rotatable bonds is 6. The van der Waals surface area contributed by atoms with E-state index < -0.39 is 0 Å². The number of methoxy groups -OCH3 is 1. The largest absolute Gasteiger partial charge is 0.383 e. The number of fused-ring (bicyclic) bond motifs is 1. The van der Waals surface area contributed by atoms with E-state index in [9.17, 15) is 0 Å². The maximum atomic E-state index is 5.04. The van der Waals surface area contributed by atoms with Crippen LogP contribution in [0, 0.1) is 6.92 Å². The average molecular weight is 316 g/mol. The van der Waals surface area contributed by atoms with Crippen molar-refractivity contribution in [3.63, 3.8) is 0 Å². The van der Waals surface area contributed by atoms with Crippen molar-refractivity contribution in [2.24, 2.45) is 7.05 Å². The summed E-state index contributed by atoms with van der Waals surface area (Å²) >= 11 is 1.75. The number of imidazole rings is 1. The van der Waals surface area contributed by atoms with Crippen LogP contribution in [0.2, 0.25) is 0 Å². The minimum atomic E-state index is 0.714. The van der Waals surface area contributed by atoms with E-state index in [-0.39, 0.29) is 0 Å². The monoisotopic (exact) mass is 316 g/mol. The van der Waals surface area contributed by atoms with E-state index in [4.69, 9.17) is 4.74 Å². The summed E-state index contributed by atoms with van der Waals surface area (Å²) in [5.74, 6) is 0.992. The summed E-state index contributed by atoms with van der Waals surface area (Å²) < 4.78 is 8.41. The Morgan fingerprint density at radius 1 is 1.36 bits per heavy atom. The van der Waals surface area contributed by atoms with Crippen LogP contribution in [0.25, 0.3) is 20.9 Å². The molecule has 0 spiro atoms. The highest BCUT2D eigenvalue weighted by Crippen LogP contribution is 2.33. The lowest BCUT2D eigenvalue weighted by Gasteiger charge is -2.06. The highest BCUT2D eigenvalue weighted by molar-refractivity contribution is 7.22. The molecule has 22 heavy (non-hydrogen) atoms. The Morgan fingerprint density at radius 2 is 2.23 bits per heavy atom. The number of nitrogens with zero attached hydrogens (tertiary/aromatic N) is 3. The third-order valence-corrected chi connectivity index (χ3v) is 4.96. The zero-order valence-electron chi connectivity index (χ0n) is 13.1. The molecule has 0 unspecified atom stereocenters. The van der Waals surface area contributed by atoms with E-state index in [1.54, 1.807) is 18.4 Å². The van der Waals surface area contributed by atoms with Crippen LogP contribution >= 0.6 is 11.3 Å². The number of aromatic nitrogens is 3. The first-order chi connectivity index (χ1) is 10.7. The van der Waals surface area contributed by atoms with E-state index in [0.29, 0.717) is 6.61 Å². The number of hydrogen-bond acceptors (Lipinski definition) is 5. The zero-order chi connectivity index (χ0) is 15.5. The summed E-state index contributed by atoms with van der Waals surface area (Å²) in [4.78, 5) is 10.2. The highest BCUT2D eigenvalue weighted by Gasteiger charge is 2.13. The van der Waals surface area contributed by atoms with Gasteiger partial charge in [0.2, 0.25) is 0 Å². The molecule has 3 rings (SSSR count). The summed E-state index contributed by atoms with van der Waals surface area (Å²) in [6.45, 7) is 4.46. The van der Waals surface area contributed by atoms with Gasteiger partial charge in [-0.1, -0.05) is 0 Å². The van der Waals surface area contributed by atoms with Crippen molar-refractivity contribution in [1.29, 1.82) is 0 Å². The first-order valence-electron chi connectivity index (χ1n) is 7.26. The molecule has 0 amide bonds. The first-order valence-corrected chi connectivity index (χ1v) is 8.08. The Kier molecular flexibility index (Phi) is 4.52. The molecule has 0 bridgehead atoms. The molecule has 0 saturated carbocycles. The first kappa shape index (κ1) is 15.1. The lowest BCUT2D eigenvalue weighted by molar-refractivity contribution is 0.199. The molecule has 0 aliphatic carbocycles. The molecule has 5 nitrogen and oxygen atoms in total. The molecular weight excluding hydrogens is 296 g/mol. The van der Waals surface area contributed by atoms with Gasteiger partial charge in [0.05, 0.1) is 33.6 Å². The Labute approximate surface area is 134 Å². The van der Waals surface area contributed by atoms with Gasteiger partial charge >= 0.3 is 0 Å². The third kappa shape index (κ3) is 2.90. The van der Waals surface area contributed by atoms with Crippen molar-refractivity contribution in [1.82, 2.24) is 19.9 Å². The van der Waals surface area contributed by atoms with Crippen LogP contribution in [-0.2, 0) is 18.3 Å². The van der Waals surface area contributed by atoms with Gasteiger partial charge in [0.15, 0.2) is 0 Å². The van der Waals surface area contributed by atoms with E-state index in [2.05, 4.69) is 39.9 Å². The predicted molar refractivity (Wildman–Crippen MR) is 90.1 cm³/mol. The lowest BCUT2D eigenvalue weighted by Crippen LogP contribution is -2.20. The number of thiophene rings is 1. The molecule has 0 aliphatic heterocycles. The van der Waals surface area contributed by atoms with Gasteiger partial charge in [0.25, 0.3) is 0 Å². The maximum absolute atomic E-state index is 5.04. The van der Waals surface area contributed by atoms with E-state index in [0.717, 1.165) is 35.0 Å². The molecular formula is C16H20N4OS. The third-order valence-electron chi connectivity index (χ3n) is 3.70. The molecule has 0 saturated heterocycles. The molecule has 0 aromatic carbocycles. The average Bonchev–Trinajstić information content (AvgIpc) is 3.08. The SMILES string of the molecule is COCCNCc1cnc(-c2cc3nccc(C)c3s2)n1C. The number of pyridine rings is 1. The van der Waals surface area contributed by atoms with Crippen LogP contribution in [0.15, 0.2) is 24.5 Å². The minimum absolute atomic E-state index is 0.714. The van der Waals surface area contributed by atoms with Gasteiger partial charge < -0.3 is 14.6 Å². The van der Waals surface area contributed by atoms with Gasteiger partial charge in [-0.05, 0) is 24.6 Å². The fourth-order valence-corrected chi connectivity index (χ4v) is 3.52. The molecule has 3 aromatic heterocycles. The van der Waals surface area contributed by atoms with Crippen LogP contribution in [0.3, 0.4) is 0 Å². The normalized spacial score (nSPS) is 11.4. The van der Waals surface area contributed by atoms with Crippen LogP contribution in [-0.4, -0.2) is 34.8 Å². The van der Waals surface area contributed by atoms with Crippen molar-refractivity contribution in [3.05, 3.63) is 35.8 Å². The Hall–Kier alpha value is -1.76. The summed E-state index contributed by atoms with van der Waals surface area (Å²) in [5, 5.41) is 3.35. The summed E-state index contributed by atoms with van der Waals surface area (Å²) in [6, 6.07) is 4.17. The quantitative estimate of drug-likeness (QED) is 0.711. The fourth-order valence-electron chi connectivity index (χ4n) is 2.40. The molecule has 0 fully saturated rings. The minimum Gasteiger partial charge on any atom is -0.383 e. The van der Waals surface area contributed by atoms with Crippen molar-refractivity contribution in [2.45, 2.75) is 13.5 Å². The highest BCUT2D eigenvalue weighted by atomic mass is 32.1. The van der Waals surface area contributed by atoms with Crippen LogP contribution < -0.4 is 5.32 Å². The maximum Gasteiger partial charge on any atom is 0.150 e. The standard InChI is InChI=1S/C16H20N4OS/c1-11-4-5-18-13-8-14(22-15(11)13)16-19-10-12(20(16)2)9-17-6-7-21-3/h4-5,8,10,17H,6-7,9H2,1-3H3. The van der Waals surface area contributed by atoms with Gasteiger partial charge in [-0.25, -0.2) is 4.98 Å². The second kappa shape index (κ2) is 6.56. The summed E-state index contributed by atoms with van der Waals surface area (Å²) in [6.07, 6.45) is 3.79. The van der Waals surface area contributed by atoms with Gasteiger partial charge in [-0.3, -0.25) is 4.98 Å². The second-order valence-electron chi connectivity index (χ2n) is 5.25. The summed E-state index contributed by atoms with van der Waals surface area (Å²) in [5.41, 5.74) is 3.47. The van der Waals surface area contributed by atoms with Crippen LogP contribution in [0.1, 0.15) is 11.3 Å². The Balaban J connectivity index is 1.85. The Morgan fingerprint density at radius 3 is 3.00 bits per heavy atom. The van der Waals surface area contributed by atoms with Crippen LogP contribution in [0.4, 0.5) is 0 Å². The van der Waals surface area contributed by atoms with Gasteiger partial charge in [-0.2, -0.15) is 0 Å². The number of nitrogens with one attached hydrogen (secondary N) is 1. The molecule has 0 radical (unpaired) electrons. The van der Waals surface area contributed by atoms with Gasteiger partial charge in [0.1, 0.15) is 5.82 Å². The van der Waals surface area contributed by atoms with Crippen molar-refractivity contribution < 1.29 is 4.74 Å². The van der Waals surface area contributed by atoms with Gasteiger partial charge in [0, 0.05) is 33.4 Å². The van der Waals surface area contributed by atoms with E-state index in [1.165, 1.54) is 10.3 Å². The van der Waals surface area contributed by atoms with E-state index in [1.807, 2.05) is 18.5 Å². The molecule has 6 heteroatoms. The van der Waals surface area contributed by atoms with E-state index >= 15 is 0 Å². The zero-order valence-corrected chi connectivity index (χ0v) is 13.9. The smallest absolute Gasteiger partial charge is 0.150 e. The molecule has 116 valence electrons. The molecule has 0 aliphatic rings. The van der Waals surface area contributed by atoms with Crippen molar-refractivity contribution >= 4 is 21.6 Å². The predicted octanol–water partition coefficient (Wildman–Crippen LogP) is 2.74. The number of aryl methyl sites for hydroxylation is 1. The molecule has 1 N–H and O–H groups in total. The van der Waals surface area contributed by atoms with Gasteiger partial charge in [-0.15, -0.1) is 11.3 Å². The lowest BCUT2D eigenvalue weighted by atomic mass is 10.2. The molecule has 3 heterocycles. The van der Waals surface area contributed by atoms with Crippen molar-refractivity contribution in [2.75, 3.05) is 20.3 Å².